The van der Waals surface area contributed by atoms with Crippen molar-refractivity contribution in [3.05, 3.63) is 29.3 Å². The van der Waals surface area contributed by atoms with Gasteiger partial charge in [-0.05, 0) is 24.3 Å². The van der Waals surface area contributed by atoms with Crippen LogP contribution in [0.2, 0.25) is 5.02 Å². The lowest BCUT2D eigenvalue weighted by atomic mass is 10.3. The molecule has 2 aromatic rings. The largest absolute Gasteiger partial charge is 0.492 e. The van der Waals surface area contributed by atoms with Crippen molar-refractivity contribution in [1.29, 1.82) is 0 Å². The number of nitrogens with one attached hydrogen (secondary N) is 2. The first kappa shape index (κ1) is 16.9. The van der Waals surface area contributed by atoms with Crippen LogP contribution < -0.4 is 15.4 Å². The Morgan fingerprint density at radius 2 is 2.14 bits per heavy atom. The van der Waals surface area contributed by atoms with Crippen LogP contribution in [-0.4, -0.2) is 42.1 Å². The predicted molar refractivity (Wildman–Crippen MR) is 90.1 cm³/mol. The van der Waals surface area contributed by atoms with Gasteiger partial charge in [0.1, 0.15) is 12.4 Å². The molecule has 0 saturated carbocycles. The molecule has 1 aromatic carbocycles. The number of hydrogen-bond acceptors (Lipinski definition) is 7. The fraction of sp³-hybridized carbons (Fsp3) is 0.308. The van der Waals surface area contributed by atoms with E-state index in [9.17, 15) is 4.79 Å². The minimum Gasteiger partial charge on any atom is -0.492 e. The van der Waals surface area contributed by atoms with Crippen LogP contribution in [-0.2, 0) is 4.79 Å². The minimum atomic E-state index is -0.0640. The Hall–Kier alpha value is -1.51. The lowest BCUT2D eigenvalue weighted by Crippen LogP contribution is -2.29. The molecule has 6 nitrogen and oxygen atoms in total. The summed E-state index contributed by atoms with van der Waals surface area (Å²) in [5.41, 5.74) is 0. The van der Waals surface area contributed by atoms with E-state index in [0.29, 0.717) is 23.9 Å². The number of rotatable bonds is 8. The van der Waals surface area contributed by atoms with Gasteiger partial charge in [-0.25, -0.2) is 0 Å². The van der Waals surface area contributed by atoms with Crippen LogP contribution in [0.3, 0.4) is 0 Å². The molecule has 118 valence electrons. The average Bonchev–Trinajstić information content (AvgIpc) is 2.99. The van der Waals surface area contributed by atoms with E-state index >= 15 is 0 Å². The molecule has 0 spiro atoms. The summed E-state index contributed by atoms with van der Waals surface area (Å²) in [5, 5.41) is 14.9. The lowest BCUT2D eigenvalue weighted by Gasteiger charge is -2.07. The summed E-state index contributed by atoms with van der Waals surface area (Å²) in [6, 6.07) is 7.09. The molecule has 0 bridgehead atoms. The molecule has 0 saturated heterocycles. The molecular weight excluding hydrogens is 344 g/mol. The van der Waals surface area contributed by atoms with Crippen LogP contribution in [0, 0.1) is 0 Å². The maximum atomic E-state index is 11.7. The highest BCUT2D eigenvalue weighted by Crippen LogP contribution is 2.24. The van der Waals surface area contributed by atoms with E-state index in [4.69, 9.17) is 16.3 Å². The number of amides is 1. The summed E-state index contributed by atoms with van der Waals surface area (Å²) < 4.78 is 6.24. The van der Waals surface area contributed by atoms with Gasteiger partial charge in [-0.3, -0.25) is 4.79 Å². The van der Waals surface area contributed by atoms with Gasteiger partial charge >= 0.3 is 0 Å². The Bertz CT molecular complexity index is 606. The third-order valence-electron chi connectivity index (χ3n) is 2.45. The number of anilines is 1. The predicted octanol–water partition coefficient (Wildman–Crippen LogP) is 2.52. The van der Waals surface area contributed by atoms with E-state index in [1.165, 1.54) is 23.1 Å². The molecule has 2 rings (SSSR count). The second kappa shape index (κ2) is 8.82. The topological polar surface area (TPSA) is 76.1 Å². The van der Waals surface area contributed by atoms with E-state index in [2.05, 4.69) is 20.8 Å². The zero-order valence-electron chi connectivity index (χ0n) is 11.8. The molecule has 1 aromatic heterocycles. The number of thioether (sulfide) groups is 1. The molecule has 0 aliphatic rings. The van der Waals surface area contributed by atoms with E-state index in [0.717, 1.165) is 15.2 Å². The van der Waals surface area contributed by atoms with Gasteiger partial charge in [-0.1, -0.05) is 34.7 Å². The molecular formula is C13H15ClN4O2S2. The highest BCUT2D eigenvalue weighted by molar-refractivity contribution is 8.01. The fourth-order valence-corrected chi connectivity index (χ4v) is 3.10. The van der Waals surface area contributed by atoms with Gasteiger partial charge in [0.15, 0.2) is 4.34 Å². The zero-order chi connectivity index (χ0) is 15.8. The maximum absolute atomic E-state index is 11.7. The quantitative estimate of drug-likeness (QED) is 0.558. The molecule has 1 heterocycles. The van der Waals surface area contributed by atoms with Crippen LogP contribution in [0.1, 0.15) is 0 Å². The summed E-state index contributed by atoms with van der Waals surface area (Å²) in [4.78, 5) is 11.7. The van der Waals surface area contributed by atoms with Gasteiger partial charge in [0.05, 0.1) is 12.3 Å². The first-order chi connectivity index (χ1) is 10.7. The van der Waals surface area contributed by atoms with Crippen molar-refractivity contribution in [2.24, 2.45) is 0 Å². The van der Waals surface area contributed by atoms with E-state index in [-0.39, 0.29) is 5.91 Å². The molecule has 0 aliphatic heterocycles. The number of hydrogen-bond donors (Lipinski definition) is 2. The molecule has 0 atom stereocenters. The number of carbonyl (C=O) groups is 1. The Morgan fingerprint density at radius 3 is 2.82 bits per heavy atom. The SMILES string of the molecule is CNc1nnc(SCC(=O)NCCOc2ccc(Cl)cc2)s1. The first-order valence-electron chi connectivity index (χ1n) is 6.46. The smallest absolute Gasteiger partial charge is 0.230 e. The van der Waals surface area contributed by atoms with Crippen molar-refractivity contribution in [1.82, 2.24) is 15.5 Å². The number of carbonyl (C=O) groups excluding carboxylic acids is 1. The molecule has 2 N–H and O–H groups in total. The number of halogens is 1. The molecule has 0 radical (unpaired) electrons. The highest BCUT2D eigenvalue weighted by Gasteiger charge is 2.07. The van der Waals surface area contributed by atoms with Gasteiger partial charge in [-0.15, -0.1) is 10.2 Å². The average molecular weight is 359 g/mol. The third kappa shape index (κ3) is 5.70. The van der Waals surface area contributed by atoms with Gasteiger partial charge in [0.2, 0.25) is 11.0 Å². The van der Waals surface area contributed by atoms with E-state index in [1.54, 1.807) is 31.3 Å². The zero-order valence-corrected chi connectivity index (χ0v) is 14.2. The Kier molecular flexibility index (Phi) is 6.75. The molecule has 1 amide bonds. The summed E-state index contributed by atoms with van der Waals surface area (Å²) >= 11 is 8.56. The van der Waals surface area contributed by atoms with Crippen molar-refractivity contribution in [2.45, 2.75) is 4.34 Å². The van der Waals surface area contributed by atoms with E-state index in [1.807, 2.05) is 0 Å². The second-order valence-corrected chi connectivity index (χ2v) is 6.70. The van der Waals surface area contributed by atoms with Gasteiger partial charge < -0.3 is 15.4 Å². The fourth-order valence-electron chi connectivity index (χ4n) is 1.44. The monoisotopic (exact) mass is 358 g/mol. The number of benzene rings is 1. The molecule has 0 fully saturated rings. The minimum absolute atomic E-state index is 0.0640. The van der Waals surface area contributed by atoms with Crippen molar-refractivity contribution in [3.8, 4) is 5.75 Å². The van der Waals surface area contributed by atoms with Crippen LogP contribution in [0.4, 0.5) is 5.13 Å². The summed E-state index contributed by atoms with van der Waals surface area (Å²) in [7, 11) is 1.78. The molecule has 9 heteroatoms. The van der Waals surface area contributed by atoms with Crippen molar-refractivity contribution in [3.63, 3.8) is 0 Å². The van der Waals surface area contributed by atoms with Crippen LogP contribution in [0.5, 0.6) is 5.75 Å². The molecule has 0 aliphatic carbocycles. The molecule has 22 heavy (non-hydrogen) atoms. The Morgan fingerprint density at radius 1 is 1.36 bits per heavy atom. The third-order valence-corrected chi connectivity index (χ3v) is 4.78. The lowest BCUT2D eigenvalue weighted by molar-refractivity contribution is -0.118. The van der Waals surface area contributed by atoms with E-state index < -0.39 is 0 Å². The van der Waals surface area contributed by atoms with Crippen LogP contribution in [0.25, 0.3) is 0 Å². The van der Waals surface area contributed by atoms with Crippen molar-refractivity contribution < 1.29 is 9.53 Å². The Labute approximate surface area is 141 Å². The number of aromatic nitrogens is 2. The second-order valence-electron chi connectivity index (χ2n) is 4.06. The molecule has 0 unspecified atom stereocenters. The van der Waals surface area contributed by atoms with Crippen molar-refractivity contribution in [2.75, 3.05) is 31.3 Å². The van der Waals surface area contributed by atoms with Gasteiger partial charge in [0.25, 0.3) is 0 Å². The summed E-state index contributed by atoms with van der Waals surface area (Å²) in [5.74, 6) is 0.964. The summed E-state index contributed by atoms with van der Waals surface area (Å²) in [6.07, 6.45) is 0. The normalized spacial score (nSPS) is 10.3. The maximum Gasteiger partial charge on any atom is 0.230 e. The van der Waals surface area contributed by atoms with Crippen molar-refractivity contribution >= 4 is 45.7 Å². The number of nitrogens with zero attached hydrogens (tertiary/aromatic N) is 2. The van der Waals surface area contributed by atoms with Crippen LogP contribution >= 0.6 is 34.7 Å². The standard InChI is InChI=1S/C13H15ClN4O2S2/c1-15-12-17-18-13(22-12)21-8-11(19)16-6-7-20-10-4-2-9(14)3-5-10/h2-5H,6-8H2,1H3,(H,15,17)(H,16,19). The highest BCUT2D eigenvalue weighted by atomic mass is 35.5. The summed E-state index contributed by atoms with van der Waals surface area (Å²) in [6.45, 7) is 0.848. The number of ether oxygens (including phenoxy) is 1. The van der Waals surface area contributed by atoms with Gasteiger partial charge in [0, 0.05) is 12.1 Å². The van der Waals surface area contributed by atoms with Crippen LogP contribution in [0.15, 0.2) is 28.6 Å². The van der Waals surface area contributed by atoms with Gasteiger partial charge in [-0.2, -0.15) is 0 Å². The Balaban J connectivity index is 1.60. The first-order valence-corrected chi connectivity index (χ1v) is 8.64.